The van der Waals surface area contributed by atoms with Gasteiger partial charge in [-0.15, -0.1) is 0 Å². The summed E-state index contributed by atoms with van der Waals surface area (Å²) in [5.41, 5.74) is 0.474. The lowest BCUT2D eigenvalue weighted by Crippen LogP contribution is -2.37. The summed E-state index contributed by atoms with van der Waals surface area (Å²) in [6.45, 7) is 12.9. The van der Waals surface area contributed by atoms with E-state index in [1.54, 1.807) is 0 Å². The highest BCUT2D eigenvalue weighted by Crippen LogP contribution is 2.39. The maximum absolute atomic E-state index is 5.57. The van der Waals surface area contributed by atoms with Gasteiger partial charge in [-0.25, -0.2) is 0 Å². The first kappa shape index (κ1) is 14.0. The minimum Gasteiger partial charge on any atom is -0.381 e. The summed E-state index contributed by atoms with van der Waals surface area (Å²) in [6, 6.07) is 0. The molecule has 14 heavy (non-hydrogen) atoms. The van der Waals surface area contributed by atoms with Gasteiger partial charge >= 0.3 is 0 Å². The van der Waals surface area contributed by atoms with E-state index in [4.69, 9.17) is 4.74 Å². The minimum atomic E-state index is 0.474. The van der Waals surface area contributed by atoms with Crippen LogP contribution in [0.4, 0.5) is 0 Å². The van der Waals surface area contributed by atoms with Gasteiger partial charge in [0.15, 0.2) is 0 Å². The van der Waals surface area contributed by atoms with Crippen LogP contribution in [0, 0.1) is 11.3 Å². The van der Waals surface area contributed by atoms with Crippen LogP contribution in [-0.4, -0.2) is 13.2 Å². The lowest BCUT2D eigenvalue weighted by Gasteiger charge is -2.41. The van der Waals surface area contributed by atoms with Crippen molar-refractivity contribution in [2.75, 3.05) is 13.2 Å². The molecular weight excluding hydrogens is 172 g/mol. The Kier molecular flexibility index (Phi) is 7.26. The van der Waals surface area contributed by atoms with Gasteiger partial charge in [-0.3, -0.25) is 0 Å². The Bertz CT molecular complexity index is 129. The topological polar surface area (TPSA) is 9.23 Å². The van der Waals surface area contributed by atoms with Crippen LogP contribution in [0.1, 0.15) is 60.3 Å². The van der Waals surface area contributed by atoms with E-state index in [-0.39, 0.29) is 0 Å². The SMILES string of the molecule is CC.CCCC1(C)COCCC1CC. The molecule has 0 bridgehead atoms. The van der Waals surface area contributed by atoms with Crippen molar-refractivity contribution in [3.05, 3.63) is 0 Å². The van der Waals surface area contributed by atoms with Crippen molar-refractivity contribution in [2.45, 2.75) is 60.3 Å². The van der Waals surface area contributed by atoms with Gasteiger partial charge in [0.2, 0.25) is 0 Å². The van der Waals surface area contributed by atoms with E-state index in [1.165, 1.54) is 25.7 Å². The van der Waals surface area contributed by atoms with Crippen LogP contribution in [0.3, 0.4) is 0 Å². The highest BCUT2D eigenvalue weighted by Gasteiger charge is 2.34. The van der Waals surface area contributed by atoms with Crippen molar-refractivity contribution in [2.24, 2.45) is 11.3 Å². The summed E-state index contributed by atoms with van der Waals surface area (Å²) in [5.74, 6) is 0.895. The Morgan fingerprint density at radius 3 is 2.43 bits per heavy atom. The monoisotopic (exact) mass is 200 g/mol. The standard InChI is InChI=1S/C11H22O.C2H6/c1-4-7-11(3)9-12-8-6-10(11)5-2;1-2/h10H,4-9H2,1-3H3;1-2H3. The van der Waals surface area contributed by atoms with E-state index < -0.39 is 0 Å². The highest BCUT2D eigenvalue weighted by atomic mass is 16.5. The first-order valence-electron chi connectivity index (χ1n) is 6.30. The fourth-order valence-electron chi connectivity index (χ4n) is 2.54. The second kappa shape index (κ2) is 7.28. The van der Waals surface area contributed by atoms with E-state index in [9.17, 15) is 0 Å². The molecule has 2 atom stereocenters. The summed E-state index contributed by atoms with van der Waals surface area (Å²) in [5, 5.41) is 0. The molecule has 1 aliphatic heterocycles. The third kappa shape index (κ3) is 3.61. The molecule has 1 heteroatoms. The zero-order valence-electron chi connectivity index (χ0n) is 10.7. The zero-order valence-corrected chi connectivity index (χ0v) is 10.7. The van der Waals surface area contributed by atoms with E-state index >= 15 is 0 Å². The first-order chi connectivity index (χ1) is 6.73. The van der Waals surface area contributed by atoms with E-state index in [1.807, 2.05) is 13.8 Å². The van der Waals surface area contributed by atoms with Crippen molar-refractivity contribution in [1.82, 2.24) is 0 Å². The molecule has 0 aromatic heterocycles. The Morgan fingerprint density at radius 2 is 1.93 bits per heavy atom. The molecule has 0 aromatic carbocycles. The molecule has 1 aliphatic rings. The average Bonchev–Trinajstić information content (AvgIpc) is 2.21. The van der Waals surface area contributed by atoms with Crippen LogP contribution in [0.15, 0.2) is 0 Å². The molecule has 1 heterocycles. The molecule has 0 spiro atoms. The fourth-order valence-corrected chi connectivity index (χ4v) is 2.54. The Hall–Kier alpha value is -0.0400. The van der Waals surface area contributed by atoms with Crippen LogP contribution < -0.4 is 0 Å². The summed E-state index contributed by atoms with van der Waals surface area (Å²) < 4.78 is 5.57. The molecule has 1 rings (SSSR count). The van der Waals surface area contributed by atoms with Crippen LogP contribution in [0.5, 0.6) is 0 Å². The summed E-state index contributed by atoms with van der Waals surface area (Å²) in [4.78, 5) is 0. The maximum atomic E-state index is 5.57. The van der Waals surface area contributed by atoms with Crippen LogP contribution in [-0.2, 0) is 4.74 Å². The molecule has 0 N–H and O–H groups in total. The second-order valence-electron chi connectivity index (χ2n) is 4.35. The second-order valence-corrected chi connectivity index (χ2v) is 4.35. The van der Waals surface area contributed by atoms with Gasteiger partial charge in [-0.05, 0) is 24.2 Å². The van der Waals surface area contributed by atoms with Gasteiger partial charge in [0.25, 0.3) is 0 Å². The Balaban J connectivity index is 0.000000791. The van der Waals surface area contributed by atoms with Crippen LogP contribution in [0.2, 0.25) is 0 Å². The molecule has 0 aliphatic carbocycles. The number of hydrogen-bond acceptors (Lipinski definition) is 1. The molecule has 1 fully saturated rings. The predicted molar refractivity (Wildman–Crippen MR) is 63.6 cm³/mol. The number of ether oxygens (including phenoxy) is 1. The molecule has 0 radical (unpaired) electrons. The first-order valence-corrected chi connectivity index (χ1v) is 6.30. The fraction of sp³-hybridized carbons (Fsp3) is 1.00. The molecule has 0 saturated carbocycles. The zero-order chi connectivity index (χ0) is 11.0. The minimum absolute atomic E-state index is 0.474. The van der Waals surface area contributed by atoms with E-state index in [2.05, 4.69) is 20.8 Å². The van der Waals surface area contributed by atoms with Crippen LogP contribution in [0.25, 0.3) is 0 Å². The van der Waals surface area contributed by atoms with Crippen molar-refractivity contribution < 1.29 is 4.74 Å². The summed E-state index contributed by atoms with van der Waals surface area (Å²) in [6.07, 6.45) is 5.20. The van der Waals surface area contributed by atoms with E-state index in [0.717, 1.165) is 19.1 Å². The van der Waals surface area contributed by atoms with Gasteiger partial charge in [0, 0.05) is 6.61 Å². The third-order valence-corrected chi connectivity index (χ3v) is 3.34. The average molecular weight is 200 g/mol. The summed E-state index contributed by atoms with van der Waals surface area (Å²) in [7, 11) is 0. The molecule has 2 unspecified atom stereocenters. The highest BCUT2D eigenvalue weighted by molar-refractivity contribution is 4.84. The third-order valence-electron chi connectivity index (χ3n) is 3.34. The quantitative estimate of drug-likeness (QED) is 0.661. The van der Waals surface area contributed by atoms with Gasteiger partial charge in [-0.2, -0.15) is 0 Å². The summed E-state index contributed by atoms with van der Waals surface area (Å²) >= 11 is 0. The van der Waals surface area contributed by atoms with Gasteiger partial charge in [0.05, 0.1) is 6.61 Å². The largest absolute Gasteiger partial charge is 0.381 e. The lowest BCUT2D eigenvalue weighted by molar-refractivity contribution is -0.0479. The molecule has 1 nitrogen and oxygen atoms in total. The lowest BCUT2D eigenvalue weighted by atomic mass is 9.70. The number of rotatable bonds is 3. The normalized spacial score (nSPS) is 31.9. The Labute approximate surface area is 90.2 Å². The van der Waals surface area contributed by atoms with Crippen LogP contribution >= 0.6 is 0 Å². The molecular formula is C13H28O. The van der Waals surface area contributed by atoms with Gasteiger partial charge in [-0.1, -0.05) is 47.5 Å². The van der Waals surface area contributed by atoms with E-state index in [0.29, 0.717) is 5.41 Å². The predicted octanol–water partition coefficient (Wildman–Crippen LogP) is 4.27. The molecule has 1 saturated heterocycles. The number of hydrogen-bond donors (Lipinski definition) is 0. The Morgan fingerprint density at radius 1 is 1.29 bits per heavy atom. The van der Waals surface area contributed by atoms with Crippen molar-refractivity contribution in [1.29, 1.82) is 0 Å². The molecule has 0 amide bonds. The molecule has 0 aromatic rings. The maximum Gasteiger partial charge on any atom is 0.0522 e. The van der Waals surface area contributed by atoms with Gasteiger partial charge in [0.1, 0.15) is 0 Å². The molecule has 86 valence electrons. The van der Waals surface area contributed by atoms with Gasteiger partial charge < -0.3 is 4.74 Å². The van der Waals surface area contributed by atoms with Crippen molar-refractivity contribution >= 4 is 0 Å². The van der Waals surface area contributed by atoms with Crippen molar-refractivity contribution in [3.63, 3.8) is 0 Å². The van der Waals surface area contributed by atoms with Crippen molar-refractivity contribution in [3.8, 4) is 0 Å². The smallest absolute Gasteiger partial charge is 0.0522 e.